The normalized spacial score (nSPS) is 21.6. The van der Waals surface area contributed by atoms with Crippen LogP contribution in [0.1, 0.15) is 43.7 Å². The number of hydrogen-bond donors (Lipinski definition) is 2. The van der Waals surface area contributed by atoms with Crippen LogP contribution in [0.3, 0.4) is 0 Å². The highest BCUT2D eigenvalue weighted by molar-refractivity contribution is 5.33. The van der Waals surface area contributed by atoms with E-state index in [1.165, 1.54) is 13.0 Å². The van der Waals surface area contributed by atoms with Gasteiger partial charge in [-0.05, 0) is 49.8 Å². The Morgan fingerprint density at radius 3 is 2.88 bits per heavy atom. The minimum Gasteiger partial charge on any atom is -0.368 e. The van der Waals surface area contributed by atoms with E-state index in [0.717, 1.165) is 31.2 Å². The largest absolute Gasteiger partial charge is 0.368 e. The summed E-state index contributed by atoms with van der Waals surface area (Å²) in [7, 11) is 0. The van der Waals surface area contributed by atoms with Gasteiger partial charge in [0.1, 0.15) is 5.82 Å². The molecule has 7 heteroatoms. The number of benzene rings is 1. The van der Waals surface area contributed by atoms with Crippen LogP contribution in [0.2, 0.25) is 0 Å². The van der Waals surface area contributed by atoms with Gasteiger partial charge in [-0.1, -0.05) is 18.6 Å². The van der Waals surface area contributed by atoms with Crippen molar-refractivity contribution in [3.05, 3.63) is 41.5 Å². The molecule has 1 aliphatic rings. The van der Waals surface area contributed by atoms with E-state index in [-0.39, 0.29) is 23.6 Å². The first-order valence-corrected chi connectivity index (χ1v) is 8.18. The van der Waals surface area contributed by atoms with Crippen molar-refractivity contribution < 1.29 is 8.78 Å². The number of nitrogens with two attached hydrogens (primary N) is 1. The number of nitrogen functional groups attached to an aromatic ring is 1. The summed E-state index contributed by atoms with van der Waals surface area (Å²) in [4.78, 5) is 12.0. The summed E-state index contributed by atoms with van der Waals surface area (Å²) in [6.07, 6.45) is 2.56. The molecule has 0 saturated heterocycles. The van der Waals surface area contributed by atoms with Gasteiger partial charge in [0.15, 0.2) is 12.0 Å². The molecule has 1 aromatic carbocycles. The SMILES string of the molecule is CC(F)c1nc(N)nc(NC2CCCC2Cc2cccc(F)c2)n1. The maximum Gasteiger partial charge on any atom is 0.228 e. The monoisotopic (exact) mass is 333 g/mol. The summed E-state index contributed by atoms with van der Waals surface area (Å²) in [5.41, 5.74) is 6.61. The molecule has 1 aromatic heterocycles. The number of aromatic nitrogens is 3. The van der Waals surface area contributed by atoms with Gasteiger partial charge in [-0.3, -0.25) is 0 Å². The zero-order valence-corrected chi connectivity index (χ0v) is 13.5. The highest BCUT2D eigenvalue weighted by Crippen LogP contribution is 2.31. The Bertz CT molecular complexity index is 707. The maximum absolute atomic E-state index is 13.4. The van der Waals surface area contributed by atoms with Crippen molar-refractivity contribution >= 4 is 11.9 Å². The predicted octanol–water partition coefficient (Wildman–Crippen LogP) is 3.45. The van der Waals surface area contributed by atoms with Gasteiger partial charge in [0, 0.05) is 6.04 Å². The van der Waals surface area contributed by atoms with Crippen molar-refractivity contribution in [2.75, 3.05) is 11.1 Å². The van der Waals surface area contributed by atoms with E-state index >= 15 is 0 Å². The summed E-state index contributed by atoms with van der Waals surface area (Å²) >= 11 is 0. The number of nitrogens with one attached hydrogen (secondary N) is 1. The van der Waals surface area contributed by atoms with Crippen molar-refractivity contribution in [3.8, 4) is 0 Å². The summed E-state index contributed by atoms with van der Waals surface area (Å²) in [6, 6.07) is 6.82. The van der Waals surface area contributed by atoms with Gasteiger partial charge in [-0.15, -0.1) is 0 Å². The van der Waals surface area contributed by atoms with Crippen molar-refractivity contribution in [2.24, 2.45) is 5.92 Å². The third-order valence-electron chi connectivity index (χ3n) is 4.39. The summed E-state index contributed by atoms with van der Waals surface area (Å²) in [5.74, 6) is 0.465. The molecule has 1 aliphatic carbocycles. The minimum atomic E-state index is -1.30. The lowest BCUT2D eigenvalue weighted by atomic mass is 9.94. The average Bonchev–Trinajstić information content (AvgIpc) is 2.93. The lowest BCUT2D eigenvalue weighted by Crippen LogP contribution is -2.27. The van der Waals surface area contributed by atoms with E-state index in [4.69, 9.17) is 5.73 Å². The molecule has 0 aliphatic heterocycles. The maximum atomic E-state index is 13.4. The van der Waals surface area contributed by atoms with Crippen LogP contribution in [-0.4, -0.2) is 21.0 Å². The first kappa shape index (κ1) is 16.5. The molecule has 3 unspecified atom stereocenters. The van der Waals surface area contributed by atoms with Gasteiger partial charge in [0.25, 0.3) is 0 Å². The predicted molar refractivity (Wildman–Crippen MR) is 88.6 cm³/mol. The molecule has 3 rings (SSSR count). The second kappa shape index (κ2) is 7.07. The van der Waals surface area contributed by atoms with Gasteiger partial charge < -0.3 is 11.1 Å². The molecule has 3 atom stereocenters. The molecule has 1 saturated carbocycles. The van der Waals surface area contributed by atoms with E-state index in [1.807, 2.05) is 6.07 Å². The van der Waals surface area contributed by atoms with Crippen LogP contribution in [0.5, 0.6) is 0 Å². The van der Waals surface area contributed by atoms with Crippen molar-refractivity contribution in [1.82, 2.24) is 15.0 Å². The Morgan fingerprint density at radius 1 is 1.29 bits per heavy atom. The van der Waals surface area contributed by atoms with Gasteiger partial charge in [-0.25, -0.2) is 8.78 Å². The second-order valence-corrected chi connectivity index (χ2v) is 6.27. The minimum absolute atomic E-state index is 0.00618. The fourth-order valence-electron chi connectivity index (χ4n) is 3.26. The standard InChI is InChI=1S/C17H21F2N5/c1-10(18)15-22-16(20)24-17(23-15)21-14-7-3-5-12(14)8-11-4-2-6-13(19)9-11/h2,4,6,9-10,12,14H,3,5,7-8H2,1H3,(H3,20,21,22,23,24). The Kier molecular flexibility index (Phi) is 4.87. The zero-order valence-electron chi connectivity index (χ0n) is 13.5. The molecule has 24 heavy (non-hydrogen) atoms. The molecule has 5 nitrogen and oxygen atoms in total. The zero-order chi connectivity index (χ0) is 17.1. The first-order chi connectivity index (χ1) is 11.5. The van der Waals surface area contributed by atoms with Gasteiger partial charge in [-0.2, -0.15) is 15.0 Å². The Labute approximate surface area is 139 Å². The number of alkyl halides is 1. The Hall–Kier alpha value is -2.31. The second-order valence-electron chi connectivity index (χ2n) is 6.27. The van der Waals surface area contributed by atoms with Crippen LogP contribution < -0.4 is 11.1 Å². The molecular weight excluding hydrogens is 312 g/mol. The lowest BCUT2D eigenvalue weighted by molar-refractivity contribution is 0.356. The van der Waals surface area contributed by atoms with E-state index < -0.39 is 6.17 Å². The number of rotatable bonds is 5. The Balaban J connectivity index is 1.72. The number of hydrogen-bond acceptors (Lipinski definition) is 5. The van der Waals surface area contributed by atoms with Crippen LogP contribution in [0.4, 0.5) is 20.7 Å². The summed E-state index contributed by atoms with van der Waals surface area (Å²) in [5, 5.41) is 3.26. The van der Waals surface area contributed by atoms with Crippen LogP contribution in [0.15, 0.2) is 24.3 Å². The molecule has 3 N–H and O–H groups in total. The average molecular weight is 333 g/mol. The molecule has 1 heterocycles. The molecule has 0 amide bonds. The number of anilines is 2. The van der Waals surface area contributed by atoms with Gasteiger partial charge >= 0.3 is 0 Å². The molecule has 0 radical (unpaired) electrons. The van der Waals surface area contributed by atoms with E-state index in [0.29, 0.717) is 11.9 Å². The number of nitrogens with zero attached hydrogens (tertiary/aromatic N) is 3. The summed E-state index contributed by atoms with van der Waals surface area (Å²) in [6.45, 7) is 1.36. The molecular formula is C17H21F2N5. The van der Waals surface area contributed by atoms with Crippen LogP contribution in [0.25, 0.3) is 0 Å². The van der Waals surface area contributed by atoms with Crippen LogP contribution >= 0.6 is 0 Å². The van der Waals surface area contributed by atoms with E-state index in [1.54, 1.807) is 12.1 Å². The van der Waals surface area contributed by atoms with Crippen LogP contribution in [-0.2, 0) is 6.42 Å². The molecule has 2 aromatic rings. The van der Waals surface area contributed by atoms with Crippen molar-refractivity contribution in [3.63, 3.8) is 0 Å². The molecule has 0 spiro atoms. The quantitative estimate of drug-likeness (QED) is 0.876. The van der Waals surface area contributed by atoms with Gasteiger partial charge in [0.05, 0.1) is 0 Å². The molecule has 128 valence electrons. The van der Waals surface area contributed by atoms with Crippen molar-refractivity contribution in [1.29, 1.82) is 0 Å². The van der Waals surface area contributed by atoms with E-state index in [2.05, 4.69) is 20.3 Å². The Morgan fingerprint density at radius 2 is 2.12 bits per heavy atom. The molecule has 1 fully saturated rings. The third-order valence-corrected chi connectivity index (χ3v) is 4.39. The lowest BCUT2D eigenvalue weighted by Gasteiger charge is -2.21. The first-order valence-electron chi connectivity index (χ1n) is 8.18. The highest BCUT2D eigenvalue weighted by Gasteiger charge is 2.28. The topological polar surface area (TPSA) is 76.7 Å². The highest BCUT2D eigenvalue weighted by atomic mass is 19.1. The van der Waals surface area contributed by atoms with E-state index in [9.17, 15) is 8.78 Å². The van der Waals surface area contributed by atoms with Crippen LogP contribution in [0, 0.1) is 11.7 Å². The summed E-state index contributed by atoms with van der Waals surface area (Å²) < 4.78 is 26.8. The fourth-order valence-corrected chi connectivity index (χ4v) is 3.26. The molecule has 0 bridgehead atoms. The fraction of sp³-hybridized carbons (Fsp3) is 0.471. The number of halogens is 2. The third kappa shape index (κ3) is 3.96. The van der Waals surface area contributed by atoms with Crippen molar-refractivity contribution in [2.45, 2.75) is 44.8 Å². The van der Waals surface area contributed by atoms with Gasteiger partial charge in [0.2, 0.25) is 11.9 Å². The smallest absolute Gasteiger partial charge is 0.228 e.